The second kappa shape index (κ2) is 5.21. The molecule has 90 valence electrons. The van der Waals surface area contributed by atoms with Crippen molar-refractivity contribution < 1.29 is 4.52 Å². The normalized spacial score (nSPS) is 10.2. The summed E-state index contributed by atoms with van der Waals surface area (Å²) in [4.78, 5) is 12.0. The molecule has 0 amide bonds. The van der Waals surface area contributed by atoms with Crippen LogP contribution in [0.3, 0.4) is 0 Å². The highest BCUT2D eigenvalue weighted by Crippen LogP contribution is 2.16. The maximum absolute atomic E-state index is 5.32. The lowest BCUT2D eigenvalue weighted by atomic mass is 10.3. The van der Waals surface area contributed by atoms with Gasteiger partial charge in [-0.15, -0.1) is 0 Å². The lowest BCUT2D eigenvalue weighted by Gasteiger charge is -2.09. The molecular weight excluding hydrogens is 222 g/mol. The molecule has 17 heavy (non-hydrogen) atoms. The molecule has 0 saturated carbocycles. The third-order valence-electron chi connectivity index (χ3n) is 2.26. The Morgan fingerprint density at radius 2 is 2.06 bits per heavy atom. The van der Waals surface area contributed by atoms with E-state index in [-0.39, 0.29) is 0 Å². The molecule has 8 heteroatoms. The largest absolute Gasteiger partial charge is 0.369 e. The van der Waals surface area contributed by atoms with Crippen molar-refractivity contribution in [2.75, 3.05) is 17.3 Å². The van der Waals surface area contributed by atoms with Crippen molar-refractivity contribution in [3.05, 3.63) is 24.1 Å². The maximum atomic E-state index is 5.32. The lowest BCUT2D eigenvalue weighted by Crippen LogP contribution is -2.13. The highest BCUT2D eigenvalue weighted by Gasteiger charge is 2.05. The van der Waals surface area contributed by atoms with Gasteiger partial charge in [-0.1, -0.05) is 5.16 Å². The fourth-order valence-corrected chi connectivity index (χ4v) is 1.37. The summed E-state index contributed by atoms with van der Waals surface area (Å²) in [5, 5.41) is 6.68. The van der Waals surface area contributed by atoms with Crippen molar-refractivity contribution in [2.24, 2.45) is 5.84 Å². The molecule has 2 heterocycles. The summed E-state index contributed by atoms with van der Waals surface area (Å²) in [7, 11) is 0. The summed E-state index contributed by atoms with van der Waals surface area (Å²) < 4.78 is 4.88. The van der Waals surface area contributed by atoms with E-state index >= 15 is 0 Å². The highest BCUT2D eigenvalue weighted by molar-refractivity contribution is 5.55. The van der Waals surface area contributed by atoms with Gasteiger partial charge in [0.25, 0.3) is 0 Å². The van der Waals surface area contributed by atoms with Gasteiger partial charge in [0.1, 0.15) is 18.0 Å². The molecule has 0 fully saturated rings. The molecule has 2 aromatic rings. The van der Waals surface area contributed by atoms with Crippen molar-refractivity contribution in [1.29, 1.82) is 0 Å². The summed E-state index contributed by atoms with van der Waals surface area (Å²) in [6.07, 6.45) is 3.45. The van der Waals surface area contributed by atoms with E-state index in [0.29, 0.717) is 24.7 Å². The minimum Gasteiger partial charge on any atom is -0.369 e. The van der Waals surface area contributed by atoms with Crippen molar-refractivity contribution in [3.63, 3.8) is 0 Å². The summed E-state index contributed by atoms with van der Waals surface area (Å²) in [6.45, 7) is 2.52. The second-order valence-corrected chi connectivity index (χ2v) is 3.35. The number of anilines is 2. The number of nitrogens with two attached hydrogens (primary N) is 1. The van der Waals surface area contributed by atoms with Crippen LogP contribution in [0.5, 0.6) is 0 Å². The van der Waals surface area contributed by atoms with Gasteiger partial charge in [0, 0.05) is 18.5 Å². The Morgan fingerprint density at radius 3 is 2.76 bits per heavy atom. The van der Waals surface area contributed by atoms with Crippen LogP contribution in [0.4, 0.5) is 11.6 Å². The van der Waals surface area contributed by atoms with Crippen LogP contribution in [0.25, 0.3) is 0 Å². The lowest BCUT2D eigenvalue weighted by molar-refractivity contribution is 0.379. The number of rotatable bonds is 5. The maximum Gasteiger partial charge on any atom is 0.228 e. The second-order valence-electron chi connectivity index (χ2n) is 3.35. The third kappa shape index (κ3) is 2.67. The molecule has 0 aliphatic rings. The van der Waals surface area contributed by atoms with Crippen LogP contribution >= 0.6 is 0 Å². The van der Waals surface area contributed by atoms with E-state index in [1.807, 2.05) is 6.92 Å². The monoisotopic (exact) mass is 235 g/mol. The van der Waals surface area contributed by atoms with Crippen LogP contribution in [0.15, 0.2) is 17.2 Å². The van der Waals surface area contributed by atoms with Gasteiger partial charge in [-0.25, -0.2) is 15.8 Å². The van der Waals surface area contributed by atoms with Crippen LogP contribution in [0.2, 0.25) is 0 Å². The highest BCUT2D eigenvalue weighted by atomic mass is 16.5. The van der Waals surface area contributed by atoms with E-state index < -0.39 is 0 Å². The topological polar surface area (TPSA) is 115 Å². The van der Waals surface area contributed by atoms with Crippen molar-refractivity contribution >= 4 is 11.6 Å². The SMILES string of the molecule is Cc1c(NN)ncnc1NCCc1ncno1. The smallest absolute Gasteiger partial charge is 0.228 e. The average molecular weight is 235 g/mol. The zero-order valence-corrected chi connectivity index (χ0v) is 9.34. The van der Waals surface area contributed by atoms with Crippen LogP contribution in [-0.2, 0) is 6.42 Å². The first-order valence-electron chi connectivity index (χ1n) is 5.09. The molecule has 0 spiro atoms. The summed E-state index contributed by atoms with van der Waals surface area (Å²) in [5.74, 6) is 7.24. The minimum absolute atomic E-state index is 0.585. The molecule has 2 rings (SSSR count). The van der Waals surface area contributed by atoms with E-state index in [0.717, 1.165) is 11.4 Å². The van der Waals surface area contributed by atoms with E-state index in [9.17, 15) is 0 Å². The van der Waals surface area contributed by atoms with Gasteiger partial charge in [-0.2, -0.15) is 4.98 Å². The van der Waals surface area contributed by atoms with Crippen molar-refractivity contribution in [3.8, 4) is 0 Å². The predicted molar refractivity (Wildman–Crippen MR) is 61.1 cm³/mol. The number of hydrazine groups is 1. The Morgan fingerprint density at radius 1 is 1.24 bits per heavy atom. The van der Waals surface area contributed by atoms with Gasteiger partial charge < -0.3 is 15.3 Å². The van der Waals surface area contributed by atoms with Gasteiger partial charge in [-0.05, 0) is 6.92 Å². The first-order valence-corrected chi connectivity index (χ1v) is 5.09. The molecular formula is C9H13N7O. The van der Waals surface area contributed by atoms with Crippen LogP contribution in [0.1, 0.15) is 11.5 Å². The van der Waals surface area contributed by atoms with Gasteiger partial charge in [0.15, 0.2) is 6.33 Å². The summed E-state index contributed by atoms with van der Waals surface area (Å²) in [5.41, 5.74) is 3.37. The zero-order chi connectivity index (χ0) is 12.1. The molecule has 0 bridgehead atoms. The molecule has 8 nitrogen and oxygen atoms in total. The number of aromatic nitrogens is 4. The number of nitrogens with one attached hydrogen (secondary N) is 2. The molecule has 0 atom stereocenters. The Hall–Kier alpha value is -2.22. The fourth-order valence-electron chi connectivity index (χ4n) is 1.37. The Bertz CT molecular complexity index is 470. The van der Waals surface area contributed by atoms with Gasteiger partial charge in [0.2, 0.25) is 5.89 Å². The van der Waals surface area contributed by atoms with Crippen LogP contribution in [-0.4, -0.2) is 26.7 Å². The average Bonchev–Trinajstić information content (AvgIpc) is 2.84. The Balaban J connectivity index is 1.95. The number of nitrogens with zero attached hydrogens (tertiary/aromatic N) is 4. The van der Waals surface area contributed by atoms with Gasteiger partial charge >= 0.3 is 0 Å². The Labute approximate surface area is 97.6 Å². The van der Waals surface area contributed by atoms with E-state index in [1.165, 1.54) is 12.7 Å². The molecule has 0 aliphatic carbocycles. The Kier molecular flexibility index (Phi) is 3.46. The van der Waals surface area contributed by atoms with Crippen LogP contribution < -0.4 is 16.6 Å². The standard InChI is InChI=1S/C9H13N7O/c1-6-8(13-4-14-9(6)16-10)11-3-2-7-12-5-15-17-7/h4-5H,2-3,10H2,1H3,(H2,11,13,14,16). The third-order valence-corrected chi connectivity index (χ3v) is 2.26. The quantitative estimate of drug-likeness (QED) is 0.494. The summed E-state index contributed by atoms with van der Waals surface area (Å²) >= 11 is 0. The molecule has 0 saturated heterocycles. The first-order chi connectivity index (χ1) is 8.31. The molecule has 0 aliphatic heterocycles. The van der Waals surface area contributed by atoms with Gasteiger partial charge in [0.05, 0.1) is 0 Å². The van der Waals surface area contributed by atoms with Gasteiger partial charge in [-0.3, -0.25) is 0 Å². The minimum atomic E-state index is 0.585. The zero-order valence-electron chi connectivity index (χ0n) is 9.34. The number of hydrogen-bond donors (Lipinski definition) is 3. The molecule has 2 aromatic heterocycles. The predicted octanol–water partition coefficient (Wildman–Crippen LogP) is 0.108. The number of nitrogen functional groups attached to an aromatic ring is 1. The molecule has 0 radical (unpaired) electrons. The molecule has 0 aromatic carbocycles. The van der Waals surface area contributed by atoms with E-state index in [4.69, 9.17) is 10.4 Å². The molecule has 0 unspecified atom stereocenters. The number of hydrogen-bond acceptors (Lipinski definition) is 8. The fraction of sp³-hybridized carbons (Fsp3) is 0.333. The summed E-state index contributed by atoms with van der Waals surface area (Å²) in [6, 6.07) is 0. The first kappa shape index (κ1) is 11.3. The van der Waals surface area contributed by atoms with Crippen LogP contribution in [0, 0.1) is 6.92 Å². The van der Waals surface area contributed by atoms with E-state index in [1.54, 1.807) is 0 Å². The van der Waals surface area contributed by atoms with E-state index in [2.05, 4.69) is 30.9 Å². The molecule has 4 N–H and O–H groups in total. The van der Waals surface area contributed by atoms with Crippen molar-refractivity contribution in [2.45, 2.75) is 13.3 Å². The van der Waals surface area contributed by atoms with Crippen molar-refractivity contribution in [1.82, 2.24) is 20.1 Å².